The minimum atomic E-state index is 0.287. The van der Waals surface area contributed by atoms with Crippen LogP contribution in [0.4, 0.5) is 0 Å². The smallest absolute Gasteiger partial charge is 0.157 e. The van der Waals surface area contributed by atoms with Gasteiger partial charge in [0.1, 0.15) is 0 Å². The molecule has 0 aromatic rings. The Balaban J connectivity index is 1.86. The maximum atomic E-state index is 5.44. The molecule has 2 saturated heterocycles. The number of nitrogens with zero attached hydrogens (tertiary/aromatic N) is 1. The predicted molar refractivity (Wildman–Crippen MR) is 74.8 cm³/mol. The van der Waals surface area contributed by atoms with E-state index in [1.165, 1.54) is 18.0 Å². The molecular weight excluding hydrogens is 232 g/mol. The average Bonchev–Trinajstić information content (AvgIpc) is 2.75. The number of thioether (sulfide) groups is 1. The zero-order chi connectivity index (χ0) is 12.1. The predicted octanol–water partition coefficient (Wildman–Crippen LogP) is 2.66. The van der Waals surface area contributed by atoms with Crippen molar-refractivity contribution in [2.75, 3.05) is 25.5 Å². The normalized spacial score (nSPS) is 25.7. The van der Waals surface area contributed by atoms with Gasteiger partial charge in [0.05, 0.1) is 5.54 Å². The van der Waals surface area contributed by atoms with Crippen molar-refractivity contribution in [1.82, 2.24) is 5.32 Å². The molecule has 1 spiro atoms. The Labute approximate surface area is 109 Å². The van der Waals surface area contributed by atoms with Crippen molar-refractivity contribution in [3.63, 3.8) is 0 Å². The van der Waals surface area contributed by atoms with Crippen molar-refractivity contribution < 1.29 is 4.74 Å². The Morgan fingerprint density at radius 2 is 2.06 bits per heavy atom. The van der Waals surface area contributed by atoms with Gasteiger partial charge in [0, 0.05) is 25.5 Å². The van der Waals surface area contributed by atoms with Gasteiger partial charge in [0.25, 0.3) is 0 Å². The first-order valence-electron chi connectivity index (χ1n) is 6.81. The molecule has 0 atom stereocenters. The third-order valence-corrected chi connectivity index (χ3v) is 5.16. The van der Waals surface area contributed by atoms with Crippen LogP contribution in [0.3, 0.4) is 0 Å². The van der Waals surface area contributed by atoms with Crippen molar-refractivity contribution in [3.05, 3.63) is 0 Å². The third kappa shape index (κ3) is 3.38. The summed E-state index contributed by atoms with van der Waals surface area (Å²) in [7, 11) is 0. The van der Waals surface area contributed by atoms with Crippen LogP contribution in [0.2, 0.25) is 0 Å². The van der Waals surface area contributed by atoms with Crippen molar-refractivity contribution >= 4 is 16.9 Å². The van der Waals surface area contributed by atoms with Crippen LogP contribution in [-0.4, -0.2) is 36.2 Å². The zero-order valence-electron chi connectivity index (χ0n) is 11.0. The SMILES string of the molecule is CCC(CC)CN=C1NC2(CCOCC2)CS1. The fraction of sp³-hybridized carbons (Fsp3) is 0.923. The summed E-state index contributed by atoms with van der Waals surface area (Å²) in [6, 6.07) is 0. The van der Waals surface area contributed by atoms with Crippen LogP contribution in [0, 0.1) is 5.92 Å². The standard InChI is InChI=1S/C13H24N2OS/c1-3-11(4-2)9-14-12-15-13(10-17-12)5-7-16-8-6-13/h11H,3-10H2,1-2H3,(H,14,15). The lowest BCUT2D eigenvalue weighted by atomic mass is 9.93. The van der Waals surface area contributed by atoms with E-state index in [0.29, 0.717) is 0 Å². The molecule has 0 amide bonds. The van der Waals surface area contributed by atoms with E-state index >= 15 is 0 Å². The Hall–Kier alpha value is -0.220. The van der Waals surface area contributed by atoms with Crippen molar-refractivity contribution in [3.8, 4) is 0 Å². The van der Waals surface area contributed by atoms with Crippen molar-refractivity contribution in [2.45, 2.75) is 45.1 Å². The second-order valence-electron chi connectivity index (χ2n) is 5.13. The number of rotatable bonds is 4. The van der Waals surface area contributed by atoms with E-state index in [-0.39, 0.29) is 5.54 Å². The molecular formula is C13H24N2OS. The van der Waals surface area contributed by atoms with Crippen LogP contribution in [0.5, 0.6) is 0 Å². The highest BCUT2D eigenvalue weighted by Gasteiger charge is 2.38. The Morgan fingerprint density at radius 3 is 2.71 bits per heavy atom. The van der Waals surface area contributed by atoms with Crippen LogP contribution in [-0.2, 0) is 4.74 Å². The monoisotopic (exact) mass is 256 g/mol. The van der Waals surface area contributed by atoms with E-state index < -0.39 is 0 Å². The molecule has 98 valence electrons. The number of ether oxygens (including phenoxy) is 1. The molecule has 2 rings (SSSR count). The molecule has 2 aliphatic heterocycles. The quantitative estimate of drug-likeness (QED) is 0.839. The number of amidine groups is 1. The summed E-state index contributed by atoms with van der Waals surface area (Å²) in [5, 5.41) is 4.81. The van der Waals surface area contributed by atoms with Crippen LogP contribution in [0.1, 0.15) is 39.5 Å². The van der Waals surface area contributed by atoms with Gasteiger partial charge in [-0.1, -0.05) is 38.5 Å². The molecule has 0 aliphatic carbocycles. The molecule has 2 fully saturated rings. The minimum Gasteiger partial charge on any atom is -0.381 e. The van der Waals surface area contributed by atoms with Gasteiger partial charge >= 0.3 is 0 Å². The van der Waals surface area contributed by atoms with E-state index in [2.05, 4.69) is 19.2 Å². The topological polar surface area (TPSA) is 33.6 Å². The highest BCUT2D eigenvalue weighted by atomic mass is 32.2. The van der Waals surface area contributed by atoms with Crippen LogP contribution in [0.15, 0.2) is 4.99 Å². The van der Waals surface area contributed by atoms with Gasteiger partial charge < -0.3 is 10.1 Å². The molecule has 1 N–H and O–H groups in total. The van der Waals surface area contributed by atoms with E-state index in [0.717, 1.165) is 44.3 Å². The first-order valence-corrected chi connectivity index (χ1v) is 7.80. The van der Waals surface area contributed by atoms with E-state index in [1.807, 2.05) is 11.8 Å². The molecule has 2 heterocycles. The third-order valence-electron chi connectivity index (χ3n) is 3.95. The maximum Gasteiger partial charge on any atom is 0.157 e. The van der Waals surface area contributed by atoms with Gasteiger partial charge in [-0.25, -0.2) is 0 Å². The lowest BCUT2D eigenvalue weighted by molar-refractivity contribution is 0.0555. The molecule has 0 aromatic heterocycles. The van der Waals surface area contributed by atoms with Crippen LogP contribution < -0.4 is 5.32 Å². The summed E-state index contributed by atoms with van der Waals surface area (Å²) in [4.78, 5) is 4.74. The first-order chi connectivity index (χ1) is 8.28. The molecule has 0 aromatic carbocycles. The van der Waals surface area contributed by atoms with E-state index in [4.69, 9.17) is 9.73 Å². The number of nitrogens with one attached hydrogen (secondary N) is 1. The zero-order valence-corrected chi connectivity index (χ0v) is 11.8. The summed E-state index contributed by atoms with van der Waals surface area (Å²) in [6.45, 7) is 7.28. The summed E-state index contributed by atoms with van der Waals surface area (Å²) in [5.41, 5.74) is 0.287. The van der Waals surface area contributed by atoms with Crippen LogP contribution in [0.25, 0.3) is 0 Å². The lowest BCUT2D eigenvalue weighted by Crippen LogP contribution is -2.48. The van der Waals surface area contributed by atoms with Gasteiger partial charge in [0.15, 0.2) is 5.17 Å². The van der Waals surface area contributed by atoms with Crippen molar-refractivity contribution in [2.24, 2.45) is 10.9 Å². The average molecular weight is 256 g/mol. The summed E-state index contributed by atoms with van der Waals surface area (Å²) in [6.07, 6.45) is 4.72. The van der Waals surface area contributed by atoms with Gasteiger partial charge in [-0.15, -0.1) is 0 Å². The molecule has 3 nitrogen and oxygen atoms in total. The second kappa shape index (κ2) is 6.10. The highest BCUT2D eigenvalue weighted by Crippen LogP contribution is 2.31. The molecule has 2 aliphatic rings. The first kappa shape index (κ1) is 13.2. The van der Waals surface area contributed by atoms with Crippen LogP contribution >= 0.6 is 11.8 Å². The van der Waals surface area contributed by atoms with E-state index in [9.17, 15) is 0 Å². The summed E-state index contributed by atoms with van der Waals surface area (Å²) >= 11 is 1.89. The molecule has 0 bridgehead atoms. The molecule has 0 radical (unpaired) electrons. The Kier molecular flexibility index (Phi) is 4.74. The van der Waals surface area contributed by atoms with Gasteiger partial charge in [-0.3, -0.25) is 4.99 Å². The Morgan fingerprint density at radius 1 is 1.35 bits per heavy atom. The highest BCUT2D eigenvalue weighted by molar-refractivity contribution is 8.14. The second-order valence-corrected chi connectivity index (χ2v) is 6.10. The number of hydrogen-bond donors (Lipinski definition) is 1. The van der Waals surface area contributed by atoms with Gasteiger partial charge in [-0.2, -0.15) is 0 Å². The summed E-state index contributed by atoms with van der Waals surface area (Å²) in [5.74, 6) is 1.91. The van der Waals surface area contributed by atoms with Gasteiger partial charge in [-0.05, 0) is 18.8 Å². The largest absolute Gasteiger partial charge is 0.381 e. The van der Waals surface area contributed by atoms with Crippen molar-refractivity contribution in [1.29, 1.82) is 0 Å². The number of hydrogen-bond acceptors (Lipinski definition) is 3. The molecule has 4 heteroatoms. The molecule has 17 heavy (non-hydrogen) atoms. The number of aliphatic imine (C=N–C) groups is 1. The van der Waals surface area contributed by atoms with Gasteiger partial charge in [0.2, 0.25) is 0 Å². The maximum absolute atomic E-state index is 5.44. The molecule has 0 saturated carbocycles. The van der Waals surface area contributed by atoms with E-state index in [1.54, 1.807) is 0 Å². The minimum absolute atomic E-state index is 0.287. The Bertz CT molecular complexity index is 271. The summed E-state index contributed by atoms with van der Waals surface area (Å²) < 4.78 is 5.44. The molecule has 0 unspecified atom stereocenters. The lowest BCUT2D eigenvalue weighted by Gasteiger charge is -2.32. The fourth-order valence-corrected chi connectivity index (χ4v) is 3.61. The fourth-order valence-electron chi connectivity index (χ4n) is 2.38.